The molecule has 5 rings (SSSR count). The van der Waals surface area contributed by atoms with E-state index in [1.165, 1.54) is 24.1 Å². The maximum absolute atomic E-state index is 4.83. The van der Waals surface area contributed by atoms with Crippen molar-refractivity contribution in [3.63, 3.8) is 0 Å². The topological polar surface area (TPSA) is 70.9 Å². The molecule has 0 atom stereocenters. The highest BCUT2D eigenvalue weighted by Gasteiger charge is 2.25. The molecule has 3 aromatic heterocycles. The number of aromatic nitrogens is 5. The molecule has 0 aliphatic heterocycles. The summed E-state index contributed by atoms with van der Waals surface area (Å²) in [6, 6.07) is 12.3. The molecule has 0 bridgehead atoms. The molecule has 4 aromatic rings. The van der Waals surface area contributed by atoms with E-state index in [2.05, 4.69) is 45.6 Å². The molecule has 0 radical (unpaired) electrons. The van der Waals surface area contributed by atoms with Gasteiger partial charge >= 0.3 is 0 Å². The van der Waals surface area contributed by atoms with Crippen LogP contribution >= 0.6 is 0 Å². The van der Waals surface area contributed by atoms with Crippen LogP contribution < -0.4 is 5.32 Å². The summed E-state index contributed by atoms with van der Waals surface area (Å²) < 4.78 is 1.94. The number of nitrogens with zero attached hydrogens (tertiary/aromatic N) is 4. The number of aryl methyl sites for hydroxylation is 1. The Morgan fingerprint density at radius 3 is 2.92 bits per heavy atom. The predicted octanol–water partition coefficient (Wildman–Crippen LogP) is 4.05. The van der Waals surface area contributed by atoms with Gasteiger partial charge in [0.25, 0.3) is 0 Å². The highest BCUT2D eigenvalue weighted by Crippen LogP contribution is 2.39. The molecule has 2 N–H and O–H groups in total. The minimum Gasteiger partial charge on any atom is -0.308 e. The van der Waals surface area contributed by atoms with Gasteiger partial charge in [-0.2, -0.15) is 5.10 Å². The SMILES string of the molecule is Cc1ccccc1-c1cc2nccn2c(Nc2cc(C3CC3)[nH]n2)n1. The number of rotatable bonds is 4. The first kappa shape index (κ1) is 14.2. The Hall–Kier alpha value is -3.15. The molecule has 1 fully saturated rings. The number of aromatic amines is 1. The van der Waals surface area contributed by atoms with Crippen LogP contribution in [0.5, 0.6) is 0 Å². The first-order chi connectivity index (χ1) is 12.3. The Bertz CT molecular complexity index is 1060. The monoisotopic (exact) mass is 330 g/mol. The van der Waals surface area contributed by atoms with Crippen LogP contribution in [0.25, 0.3) is 16.9 Å². The maximum atomic E-state index is 4.83. The molecule has 124 valence electrons. The molecular weight excluding hydrogens is 312 g/mol. The number of imidazole rings is 1. The van der Waals surface area contributed by atoms with Crippen molar-refractivity contribution in [3.05, 3.63) is 60.0 Å². The molecule has 25 heavy (non-hydrogen) atoms. The summed E-state index contributed by atoms with van der Waals surface area (Å²) in [6.45, 7) is 2.09. The number of hydrogen-bond acceptors (Lipinski definition) is 4. The summed E-state index contributed by atoms with van der Waals surface area (Å²) in [5.41, 5.74) is 5.25. The van der Waals surface area contributed by atoms with Gasteiger partial charge in [0.15, 0.2) is 5.82 Å². The van der Waals surface area contributed by atoms with E-state index in [4.69, 9.17) is 4.98 Å². The number of benzene rings is 1. The Labute approximate surface area is 145 Å². The summed E-state index contributed by atoms with van der Waals surface area (Å²) in [5.74, 6) is 2.14. The van der Waals surface area contributed by atoms with Gasteiger partial charge in [0.1, 0.15) is 5.65 Å². The van der Waals surface area contributed by atoms with Crippen LogP contribution in [-0.2, 0) is 0 Å². The average Bonchev–Trinajstić information content (AvgIpc) is 3.17. The van der Waals surface area contributed by atoms with Gasteiger partial charge in [0.2, 0.25) is 5.95 Å². The summed E-state index contributed by atoms with van der Waals surface area (Å²) in [7, 11) is 0. The number of nitrogens with one attached hydrogen (secondary N) is 2. The van der Waals surface area contributed by atoms with Gasteiger partial charge < -0.3 is 5.32 Å². The third-order valence-electron chi connectivity index (χ3n) is 4.67. The van der Waals surface area contributed by atoms with Crippen LogP contribution in [0.1, 0.15) is 30.0 Å². The molecule has 1 saturated carbocycles. The Kier molecular flexibility index (Phi) is 3.09. The van der Waals surface area contributed by atoms with Crippen LogP contribution in [0.3, 0.4) is 0 Å². The normalized spacial score (nSPS) is 14.1. The van der Waals surface area contributed by atoms with Gasteiger partial charge in [0.05, 0.1) is 5.69 Å². The van der Waals surface area contributed by atoms with E-state index in [9.17, 15) is 0 Å². The van der Waals surface area contributed by atoms with Gasteiger partial charge in [-0.05, 0) is 25.3 Å². The second-order valence-electron chi connectivity index (χ2n) is 6.54. The smallest absolute Gasteiger partial charge is 0.214 e. The predicted molar refractivity (Wildman–Crippen MR) is 97.0 cm³/mol. The van der Waals surface area contributed by atoms with Crippen molar-refractivity contribution in [2.24, 2.45) is 0 Å². The Morgan fingerprint density at radius 1 is 1.20 bits per heavy atom. The van der Waals surface area contributed by atoms with E-state index in [1.54, 1.807) is 6.20 Å². The fraction of sp³-hybridized carbons (Fsp3) is 0.211. The van der Waals surface area contributed by atoms with Crippen molar-refractivity contribution in [3.8, 4) is 11.3 Å². The van der Waals surface area contributed by atoms with Crippen LogP contribution in [-0.4, -0.2) is 24.6 Å². The number of fused-ring (bicyclic) bond motifs is 1. The third-order valence-corrected chi connectivity index (χ3v) is 4.67. The molecule has 0 amide bonds. The largest absolute Gasteiger partial charge is 0.308 e. The van der Waals surface area contributed by atoms with Gasteiger partial charge in [-0.15, -0.1) is 0 Å². The lowest BCUT2D eigenvalue weighted by Crippen LogP contribution is -2.03. The fourth-order valence-electron chi connectivity index (χ4n) is 3.13. The second-order valence-corrected chi connectivity index (χ2v) is 6.54. The van der Waals surface area contributed by atoms with Crippen molar-refractivity contribution < 1.29 is 0 Å². The number of H-pyrrole nitrogens is 1. The van der Waals surface area contributed by atoms with Crippen LogP contribution in [0.2, 0.25) is 0 Å². The van der Waals surface area contributed by atoms with Crippen molar-refractivity contribution >= 4 is 17.4 Å². The van der Waals surface area contributed by atoms with E-state index < -0.39 is 0 Å². The number of anilines is 2. The Balaban J connectivity index is 1.58. The molecule has 1 aromatic carbocycles. The zero-order chi connectivity index (χ0) is 16.8. The average molecular weight is 330 g/mol. The lowest BCUT2D eigenvalue weighted by atomic mass is 10.1. The van der Waals surface area contributed by atoms with Crippen molar-refractivity contribution in [2.45, 2.75) is 25.7 Å². The maximum Gasteiger partial charge on any atom is 0.214 e. The second kappa shape index (κ2) is 5.44. The minimum absolute atomic E-state index is 0.641. The summed E-state index contributed by atoms with van der Waals surface area (Å²) in [6.07, 6.45) is 6.17. The zero-order valence-corrected chi connectivity index (χ0v) is 13.9. The molecule has 6 nitrogen and oxygen atoms in total. The molecular formula is C19H18N6. The third kappa shape index (κ3) is 2.55. The molecule has 6 heteroatoms. The zero-order valence-electron chi connectivity index (χ0n) is 13.9. The van der Waals surface area contributed by atoms with Gasteiger partial charge in [-0.1, -0.05) is 24.3 Å². The van der Waals surface area contributed by atoms with Gasteiger partial charge in [-0.25, -0.2) is 9.97 Å². The Morgan fingerprint density at radius 2 is 2.08 bits per heavy atom. The lowest BCUT2D eigenvalue weighted by molar-refractivity contribution is 0.964. The van der Waals surface area contributed by atoms with E-state index >= 15 is 0 Å². The lowest BCUT2D eigenvalue weighted by Gasteiger charge is -2.10. The van der Waals surface area contributed by atoms with E-state index in [0.29, 0.717) is 11.9 Å². The molecule has 0 unspecified atom stereocenters. The van der Waals surface area contributed by atoms with Crippen molar-refractivity contribution in [1.29, 1.82) is 0 Å². The number of hydrogen-bond donors (Lipinski definition) is 2. The van der Waals surface area contributed by atoms with E-state index in [0.717, 1.165) is 22.7 Å². The summed E-state index contributed by atoms with van der Waals surface area (Å²) >= 11 is 0. The van der Waals surface area contributed by atoms with E-state index in [1.807, 2.05) is 28.8 Å². The first-order valence-electron chi connectivity index (χ1n) is 8.50. The van der Waals surface area contributed by atoms with Crippen LogP contribution in [0.4, 0.5) is 11.8 Å². The van der Waals surface area contributed by atoms with E-state index in [-0.39, 0.29) is 0 Å². The quantitative estimate of drug-likeness (QED) is 0.592. The van der Waals surface area contributed by atoms with Gasteiger partial charge in [-0.3, -0.25) is 9.50 Å². The fourth-order valence-corrected chi connectivity index (χ4v) is 3.13. The highest BCUT2D eigenvalue weighted by atomic mass is 15.3. The molecule has 0 spiro atoms. The van der Waals surface area contributed by atoms with Crippen LogP contribution in [0, 0.1) is 6.92 Å². The molecule has 1 aliphatic rings. The molecule has 1 aliphatic carbocycles. The van der Waals surface area contributed by atoms with Crippen LogP contribution in [0.15, 0.2) is 48.8 Å². The summed E-state index contributed by atoms with van der Waals surface area (Å²) in [5, 5.41) is 10.8. The van der Waals surface area contributed by atoms with Crippen molar-refractivity contribution in [2.75, 3.05) is 5.32 Å². The minimum atomic E-state index is 0.641. The van der Waals surface area contributed by atoms with Crippen molar-refractivity contribution in [1.82, 2.24) is 24.6 Å². The first-order valence-corrected chi connectivity index (χ1v) is 8.50. The molecule has 0 saturated heterocycles. The van der Waals surface area contributed by atoms with Gasteiger partial charge in [0, 0.05) is 41.7 Å². The molecule has 3 heterocycles. The highest BCUT2D eigenvalue weighted by molar-refractivity contribution is 5.69. The standard InChI is InChI=1S/C19H18N6/c1-12-4-2-3-5-14(12)16-11-18-20-8-9-25(18)19(21-16)22-17-10-15(23-24-17)13-6-7-13/h2-5,8-11,13H,6-7H2,1H3,(H2,21,22,23,24). The summed E-state index contributed by atoms with van der Waals surface area (Å²) in [4.78, 5) is 9.26.